The predicted octanol–water partition coefficient (Wildman–Crippen LogP) is 3.90. The molecule has 6 heteroatoms. The molecular formula is C16H17FN2OS2. The molecule has 0 saturated carbocycles. The van der Waals surface area contributed by atoms with Gasteiger partial charge >= 0.3 is 0 Å². The van der Waals surface area contributed by atoms with Gasteiger partial charge in [0.2, 0.25) is 5.91 Å². The largest absolute Gasteiger partial charge is 0.353 e. The van der Waals surface area contributed by atoms with Crippen LogP contribution in [0.25, 0.3) is 6.08 Å². The maximum atomic E-state index is 12.7. The van der Waals surface area contributed by atoms with Gasteiger partial charge in [0.25, 0.3) is 0 Å². The van der Waals surface area contributed by atoms with Crippen molar-refractivity contribution in [2.45, 2.75) is 18.2 Å². The van der Waals surface area contributed by atoms with Gasteiger partial charge in [-0.05, 0) is 49.4 Å². The molecule has 3 nitrogen and oxygen atoms in total. The number of aromatic nitrogens is 1. The zero-order valence-corrected chi connectivity index (χ0v) is 13.8. The van der Waals surface area contributed by atoms with Crippen molar-refractivity contribution in [2.24, 2.45) is 0 Å². The molecule has 0 aliphatic heterocycles. The van der Waals surface area contributed by atoms with Gasteiger partial charge in [0, 0.05) is 22.9 Å². The molecule has 0 unspecified atom stereocenters. The van der Waals surface area contributed by atoms with E-state index in [1.54, 1.807) is 41.3 Å². The Balaban J connectivity index is 1.61. The van der Waals surface area contributed by atoms with Crippen LogP contribution in [0.3, 0.4) is 0 Å². The summed E-state index contributed by atoms with van der Waals surface area (Å²) in [5.41, 5.74) is 0.810. The highest BCUT2D eigenvalue weighted by Crippen LogP contribution is 2.18. The Labute approximate surface area is 137 Å². The number of halogens is 1. The third-order valence-corrected chi connectivity index (χ3v) is 4.63. The van der Waals surface area contributed by atoms with Gasteiger partial charge in [-0.3, -0.25) is 4.79 Å². The van der Waals surface area contributed by atoms with Crippen LogP contribution in [0, 0.1) is 12.7 Å². The molecule has 0 fully saturated rings. The first-order valence-corrected chi connectivity index (χ1v) is 8.76. The molecule has 0 atom stereocenters. The fraction of sp³-hybridized carbons (Fsp3) is 0.250. The van der Waals surface area contributed by atoms with Crippen LogP contribution in [-0.2, 0) is 4.79 Å². The first-order chi connectivity index (χ1) is 10.6. The number of benzene rings is 1. The molecule has 0 bridgehead atoms. The monoisotopic (exact) mass is 336 g/mol. The van der Waals surface area contributed by atoms with Crippen molar-refractivity contribution >= 4 is 35.1 Å². The minimum atomic E-state index is -0.223. The van der Waals surface area contributed by atoms with Gasteiger partial charge in [0.05, 0.1) is 10.7 Å². The van der Waals surface area contributed by atoms with Gasteiger partial charge in [0.15, 0.2) is 0 Å². The number of carbonyl (C=O) groups is 1. The van der Waals surface area contributed by atoms with E-state index in [2.05, 4.69) is 10.3 Å². The van der Waals surface area contributed by atoms with E-state index in [1.807, 2.05) is 12.3 Å². The summed E-state index contributed by atoms with van der Waals surface area (Å²) in [6, 6.07) is 6.43. The number of rotatable bonds is 7. The van der Waals surface area contributed by atoms with Gasteiger partial charge in [-0.15, -0.1) is 23.1 Å². The molecule has 2 aromatic rings. The summed E-state index contributed by atoms with van der Waals surface area (Å²) in [4.78, 5) is 16.9. The van der Waals surface area contributed by atoms with Crippen LogP contribution in [0.1, 0.15) is 17.1 Å². The maximum Gasteiger partial charge on any atom is 0.244 e. The van der Waals surface area contributed by atoms with E-state index in [-0.39, 0.29) is 11.7 Å². The molecule has 22 heavy (non-hydrogen) atoms. The molecule has 0 spiro atoms. The lowest BCUT2D eigenvalue weighted by Gasteiger charge is -2.03. The lowest BCUT2D eigenvalue weighted by molar-refractivity contribution is -0.116. The SMILES string of the molecule is Cc1nc(/C=C/C(=O)NCCCSc2ccc(F)cc2)cs1. The Morgan fingerprint density at radius 1 is 1.41 bits per heavy atom. The summed E-state index contributed by atoms with van der Waals surface area (Å²) in [5.74, 6) is 0.539. The summed E-state index contributed by atoms with van der Waals surface area (Å²) in [6.45, 7) is 2.55. The van der Waals surface area contributed by atoms with Crippen molar-refractivity contribution in [3.05, 3.63) is 52.2 Å². The van der Waals surface area contributed by atoms with Gasteiger partial charge in [-0.25, -0.2) is 9.37 Å². The standard InChI is InChI=1S/C16H17FN2OS2/c1-12-19-14(11-22-12)5-8-16(20)18-9-2-10-21-15-6-3-13(17)4-7-15/h3-8,11H,2,9-10H2,1H3,(H,18,20)/b8-5+. The van der Waals surface area contributed by atoms with E-state index >= 15 is 0 Å². The number of thiazole rings is 1. The quantitative estimate of drug-likeness (QED) is 0.474. The zero-order chi connectivity index (χ0) is 15.8. The van der Waals surface area contributed by atoms with E-state index in [1.165, 1.54) is 18.2 Å². The number of nitrogens with one attached hydrogen (secondary N) is 1. The second kappa shape index (κ2) is 8.70. The van der Waals surface area contributed by atoms with Crippen molar-refractivity contribution in [1.82, 2.24) is 10.3 Å². The molecule has 1 aromatic heterocycles. The molecule has 0 saturated heterocycles. The Morgan fingerprint density at radius 2 is 2.18 bits per heavy atom. The average Bonchev–Trinajstić information content (AvgIpc) is 2.92. The Hall–Kier alpha value is -1.66. The van der Waals surface area contributed by atoms with Crippen molar-refractivity contribution < 1.29 is 9.18 Å². The van der Waals surface area contributed by atoms with Crippen molar-refractivity contribution in [2.75, 3.05) is 12.3 Å². The number of thioether (sulfide) groups is 1. The Morgan fingerprint density at radius 3 is 2.86 bits per heavy atom. The van der Waals surface area contributed by atoms with E-state index in [9.17, 15) is 9.18 Å². The minimum Gasteiger partial charge on any atom is -0.353 e. The third kappa shape index (κ3) is 5.99. The first-order valence-electron chi connectivity index (χ1n) is 6.90. The van der Waals surface area contributed by atoms with Gasteiger partial charge in [-0.2, -0.15) is 0 Å². The molecule has 1 heterocycles. The molecule has 1 aromatic carbocycles. The number of aryl methyl sites for hydroxylation is 1. The molecule has 2 rings (SSSR count). The van der Waals surface area contributed by atoms with E-state index in [0.717, 1.165) is 27.8 Å². The van der Waals surface area contributed by atoms with Gasteiger partial charge in [0.1, 0.15) is 5.82 Å². The van der Waals surface area contributed by atoms with Crippen LogP contribution < -0.4 is 5.32 Å². The molecule has 1 amide bonds. The summed E-state index contributed by atoms with van der Waals surface area (Å²) in [5, 5.41) is 5.73. The second-order valence-corrected chi connectivity index (χ2v) is 6.80. The highest BCUT2D eigenvalue weighted by molar-refractivity contribution is 7.99. The average molecular weight is 336 g/mol. The smallest absolute Gasteiger partial charge is 0.244 e. The lowest BCUT2D eigenvalue weighted by Crippen LogP contribution is -2.22. The minimum absolute atomic E-state index is 0.113. The molecule has 116 valence electrons. The first kappa shape index (κ1) is 16.7. The van der Waals surface area contributed by atoms with Crippen LogP contribution >= 0.6 is 23.1 Å². The summed E-state index contributed by atoms with van der Waals surface area (Å²) >= 11 is 3.21. The van der Waals surface area contributed by atoms with E-state index in [4.69, 9.17) is 0 Å². The molecular weight excluding hydrogens is 319 g/mol. The van der Waals surface area contributed by atoms with Crippen LogP contribution in [0.15, 0.2) is 40.6 Å². The summed E-state index contributed by atoms with van der Waals surface area (Å²) < 4.78 is 12.7. The van der Waals surface area contributed by atoms with Crippen molar-refractivity contribution in [3.8, 4) is 0 Å². The molecule has 0 radical (unpaired) electrons. The number of carbonyl (C=O) groups excluding carboxylic acids is 1. The number of nitrogens with zero attached hydrogens (tertiary/aromatic N) is 1. The van der Waals surface area contributed by atoms with Crippen LogP contribution in [0.2, 0.25) is 0 Å². The maximum absolute atomic E-state index is 12.7. The molecule has 0 aliphatic rings. The van der Waals surface area contributed by atoms with E-state index in [0.29, 0.717) is 6.54 Å². The van der Waals surface area contributed by atoms with Crippen LogP contribution in [0.4, 0.5) is 4.39 Å². The van der Waals surface area contributed by atoms with Crippen molar-refractivity contribution in [3.63, 3.8) is 0 Å². The zero-order valence-electron chi connectivity index (χ0n) is 12.2. The summed E-state index contributed by atoms with van der Waals surface area (Å²) in [7, 11) is 0. The second-order valence-electron chi connectivity index (χ2n) is 4.57. The third-order valence-electron chi connectivity index (χ3n) is 2.74. The van der Waals surface area contributed by atoms with Gasteiger partial charge in [-0.1, -0.05) is 0 Å². The highest BCUT2D eigenvalue weighted by Gasteiger charge is 1.98. The Bertz CT molecular complexity index is 638. The normalized spacial score (nSPS) is 11.0. The number of hydrogen-bond acceptors (Lipinski definition) is 4. The highest BCUT2D eigenvalue weighted by atomic mass is 32.2. The number of amides is 1. The summed E-state index contributed by atoms with van der Waals surface area (Å²) in [6.07, 6.45) is 4.07. The van der Waals surface area contributed by atoms with E-state index < -0.39 is 0 Å². The fourth-order valence-corrected chi connectivity index (χ4v) is 3.11. The molecule has 0 aliphatic carbocycles. The van der Waals surface area contributed by atoms with Gasteiger partial charge < -0.3 is 5.32 Å². The van der Waals surface area contributed by atoms with Crippen LogP contribution in [0.5, 0.6) is 0 Å². The fourth-order valence-electron chi connectivity index (χ4n) is 1.68. The lowest BCUT2D eigenvalue weighted by atomic mass is 10.3. The topological polar surface area (TPSA) is 42.0 Å². The Kier molecular flexibility index (Phi) is 6.61. The number of hydrogen-bond donors (Lipinski definition) is 1. The van der Waals surface area contributed by atoms with Crippen molar-refractivity contribution in [1.29, 1.82) is 0 Å². The predicted molar refractivity (Wildman–Crippen MR) is 90.6 cm³/mol. The van der Waals surface area contributed by atoms with Crippen LogP contribution in [-0.4, -0.2) is 23.2 Å². The molecule has 1 N–H and O–H groups in total.